The van der Waals surface area contributed by atoms with Crippen LogP contribution in [-0.4, -0.2) is 51.9 Å². The van der Waals surface area contributed by atoms with Crippen LogP contribution in [0.1, 0.15) is 34.2 Å². The standard InChI is InChI=1S/C23H25N3O3/c1-3-4-11-26-20(15-19-10-14-29-23(19)26)22(28)24-12-13-25(17(2)16-24)21(27)18-8-6-5-7-9-18/h3,5-10,14-15,17H,1,4,11-13,16H2,2H3/t17-/m1/s1. The first-order chi connectivity index (χ1) is 14.1. The summed E-state index contributed by atoms with van der Waals surface area (Å²) in [5.41, 5.74) is 2.01. The molecular formula is C23H25N3O3. The predicted molar refractivity (Wildman–Crippen MR) is 112 cm³/mol. The zero-order valence-electron chi connectivity index (χ0n) is 16.6. The summed E-state index contributed by atoms with van der Waals surface area (Å²) in [4.78, 5) is 29.8. The van der Waals surface area contributed by atoms with Crippen LogP contribution in [0.15, 0.2) is 65.8 Å². The number of fused-ring (bicyclic) bond motifs is 1. The number of hydrogen-bond acceptors (Lipinski definition) is 3. The van der Waals surface area contributed by atoms with Gasteiger partial charge in [0, 0.05) is 43.2 Å². The molecule has 3 aromatic rings. The zero-order chi connectivity index (χ0) is 20.4. The van der Waals surface area contributed by atoms with Crippen LogP contribution >= 0.6 is 0 Å². The summed E-state index contributed by atoms with van der Waals surface area (Å²) < 4.78 is 7.51. The van der Waals surface area contributed by atoms with Gasteiger partial charge < -0.3 is 18.8 Å². The minimum Gasteiger partial charge on any atom is -0.448 e. The van der Waals surface area contributed by atoms with E-state index in [-0.39, 0.29) is 17.9 Å². The predicted octanol–water partition coefficient (Wildman–Crippen LogP) is 3.80. The Bertz CT molecular complexity index is 1030. The van der Waals surface area contributed by atoms with Gasteiger partial charge in [-0.05, 0) is 37.6 Å². The van der Waals surface area contributed by atoms with E-state index in [1.165, 1.54) is 0 Å². The molecule has 3 heterocycles. The maximum Gasteiger partial charge on any atom is 0.270 e. The lowest BCUT2D eigenvalue weighted by Gasteiger charge is -2.40. The number of benzene rings is 1. The Morgan fingerprint density at radius 2 is 1.97 bits per heavy atom. The molecular weight excluding hydrogens is 366 g/mol. The van der Waals surface area contributed by atoms with Gasteiger partial charge in [-0.2, -0.15) is 0 Å². The molecule has 1 aromatic carbocycles. The monoisotopic (exact) mass is 391 g/mol. The van der Waals surface area contributed by atoms with Crippen LogP contribution in [0.5, 0.6) is 0 Å². The van der Waals surface area contributed by atoms with Gasteiger partial charge in [0.25, 0.3) is 11.8 Å². The maximum atomic E-state index is 13.3. The van der Waals surface area contributed by atoms with Gasteiger partial charge in [0.05, 0.1) is 6.26 Å². The normalized spacial score (nSPS) is 16.9. The fourth-order valence-corrected chi connectivity index (χ4v) is 3.95. The number of amides is 2. The molecule has 1 fully saturated rings. The van der Waals surface area contributed by atoms with Crippen molar-refractivity contribution in [3.63, 3.8) is 0 Å². The summed E-state index contributed by atoms with van der Waals surface area (Å²) in [5.74, 6) is -0.0174. The van der Waals surface area contributed by atoms with E-state index in [1.807, 2.05) is 69.8 Å². The molecule has 0 unspecified atom stereocenters. The lowest BCUT2D eigenvalue weighted by molar-refractivity contribution is 0.0409. The minimum atomic E-state index is -0.0556. The van der Waals surface area contributed by atoms with Crippen LogP contribution in [0.25, 0.3) is 11.1 Å². The van der Waals surface area contributed by atoms with E-state index < -0.39 is 0 Å². The Balaban J connectivity index is 1.51. The highest BCUT2D eigenvalue weighted by atomic mass is 16.3. The van der Waals surface area contributed by atoms with Crippen molar-refractivity contribution in [1.29, 1.82) is 0 Å². The quantitative estimate of drug-likeness (QED) is 0.622. The molecule has 0 radical (unpaired) electrons. The summed E-state index contributed by atoms with van der Waals surface area (Å²) in [7, 11) is 0. The molecule has 4 rings (SSSR count). The smallest absolute Gasteiger partial charge is 0.270 e. The maximum absolute atomic E-state index is 13.3. The van der Waals surface area contributed by atoms with Crippen molar-refractivity contribution in [3.8, 4) is 0 Å². The topological polar surface area (TPSA) is 58.7 Å². The highest BCUT2D eigenvalue weighted by Crippen LogP contribution is 2.24. The second kappa shape index (κ2) is 7.99. The first-order valence-corrected chi connectivity index (χ1v) is 9.93. The number of allylic oxidation sites excluding steroid dienone is 1. The molecule has 0 spiro atoms. The lowest BCUT2D eigenvalue weighted by Crippen LogP contribution is -2.55. The average molecular weight is 391 g/mol. The summed E-state index contributed by atoms with van der Waals surface area (Å²) in [5, 5.41) is 0.920. The number of aromatic nitrogens is 1. The SMILES string of the molecule is C=CCCn1c(C(=O)N2CCN(C(=O)c3ccccc3)[C@H](C)C2)cc2ccoc21. The van der Waals surface area contributed by atoms with E-state index in [2.05, 4.69) is 6.58 Å². The molecule has 1 aliphatic rings. The summed E-state index contributed by atoms with van der Waals surface area (Å²) in [6.45, 7) is 7.94. The van der Waals surface area contributed by atoms with Crippen molar-refractivity contribution in [3.05, 3.63) is 72.6 Å². The van der Waals surface area contributed by atoms with E-state index in [0.717, 1.165) is 11.8 Å². The van der Waals surface area contributed by atoms with Crippen LogP contribution in [0, 0.1) is 0 Å². The molecule has 0 N–H and O–H groups in total. The molecule has 0 bridgehead atoms. The number of hydrogen-bond donors (Lipinski definition) is 0. The van der Waals surface area contributed by atoms with Gasteiger partial charge in [0.2, 0.25) is 5.71 Å². The summed E-state index contributed by atoms with van der Waals surface area (Å²) >= 11 is 0. The van der Waals surface area contributed by atoms with Crippen LogP contribution in [0.3, 0.4) is 0 Å². The largest absolute Gasteiger partial charge is 0.448 e. The first kappa shape index (κ1) is 19.1. The number of furan rings is 1. The Hall–Kier alpha value is -3.28. The number of nitrogens with zero attached hydrogens (tertiary/aromatic N) is 3. The third kappa shape index (κ3) is 3.58. The van der Waals surface area contributed by atoms with Crippen molar-refractivity contribution in [1.82, 2.24) is 14.4 Å². The van der Waals surface area contributed by atoms with Gasteiger partial charge in [-0.15, -0.1) is 6.58 Å². The molecule has 2 aromatic heterocycles. The van der Waals surface area contributed by atoms with Crippen LogP contribution < -0.4 is 0 Å². The number of rotatable bonds is 5. The zero-order valence-corrected chi connectivity index (χ0v) is 16.6. The highest BCUT2D eigenvalue weighted by molar-refractivity contribution is 5.98. The van der Waals surface area contributed by atoms with Crippen molar-refractivity contribution in [2.24, 2.45) is 0 Å². The summed E-state index contributed by atoms with van der Waals surface area (Å²) in [6.07, 6.45) is 4.22. The first-order valence-electron chi connectivity index (χ1n) is 9.93. The van der Waals surface area contributed by atoms with E-state index in [1.54, 1.807) is 6.26 Å². The fourth-order valence-electron chi connectivity index (χ4n) is 3.95. The Kier molecular flexibility index (Phi) is 5.25. The molecule has 29 heavy (non-hydrogen) atoms. The molecule has 6 nitrogen and oxygen atoms in total. The Morgan fingerprint density at radius 3 is 2.69 bits per heavy atom. The van der Waals surface area contributed by atoms with Gasteiger partial charge in [0.1, 0.15) is 5.69 Å². The van der Waals surface area contributed by atoms with E-state index in [0.29, 0.717) is 43.1 Å². The molecule has 6 heteroatoms. The molecule has 1 saturated heterocycles. The average Bonchev–Trinajstić information content (AvgIpc) is 3.33. The molecule has 0 saturated carbocycles. The Morgan fingerprint density at radius 1 is 1.17 bits per heavy atom. The lowest BCUT2D eigenvalue weighted by atomic mass is 10.1. The molecule has 1 atom stereocenters. The van der Waals surface area contributed by atoms with E-state index in [9.17, 15) is 9.59 Å². The number of carbonyl (C=O) groups is 2. The van der Waals surface area contributed by atoms with Crippen LogP contribution in [0.4, 0.5) is 0 Å². The molecule has 2 amide bonds. The molecule has 1 aliphatic heterocycles. The van der Waals surface area contributed by atoms with Gasteiger partial charge in [-0.25, -0.2) is 0 Å². The summed E-state index contributed by atoms with van der Waals surface area (Å²) in [6, 6.07) is 13.0. The van der Waals surface area contributed by atoms with Gasteiger partial charge in [-0.3, -0.25) is 9.59 Å². The third-order valence-corrected chi connectivity index (χ3v) is 5.47. The fraction of sp³-hybridized carbons (Fsp3) is 0.304. The highest BCUT2D eigenvalue weighted by Gasteiger charge is 2.32. The second-order valence-electron chi connectivity index (χ2n) is 7.40. The molecule has 150 valence electrons. The second-order valence-corrected chi connectivity index (χ2v) is 7.40. The van der Waals surface area contributed by atoms with Gasteiger partial charge >= 0.3 is 0 Å². The van der Waals surface area contributed by atoms with Crippen LogP contribution in [0.2, 0.25) is 0 Å². The van der Waals surface area contributed by atoms with Crippen LogP contribution in [-0.2, 0) is 6.54 Å². The van der Waals surface area contributed by atoms with Crippen molar-refractivity contribution in [2.75, 3.05) is 19.6 Å². The van der Waals surface area contributed by atoms with Crippen molar-refractivity contribution < 1.29 is 14.0 Å². The van der Waals surface area contributed by atoms with Gasteiger partial charge in [0.15, 0.2) is 0 Å². The van der Waals surface area contributed by atoms with Crippen molar-refractivity contribution in [2.45, 2.75) is 25.9 Å². The number of carbonyl (C=O) groups excluding carboxylic acids is 2. The minimum absolute atomic E-state index is 0.0112. The Labute approximate surface area is 170 Å². The third-order valence-electron chi connectivity index (χ3n) is 5.47. The van der Waals surface area contributed by atoms with E-state index >= 15 is 0 Å². The van der Waals surface area contributed by atoms with Gasteiger partial charge in [-0.1, -0.05) is 24.3 Å². The van der Waals surface area contributed by atoms with Crippen molar-refractivity contribution >= 4 is 22.9 Å². The number of piperazine rings is 1. The number of aryl methyl sites for hydroxylation is 1. The van der Waals surface area contributed by atoms with E-state index in [4.69, 9.17) is 4.42 Å². The molecule has 0 aliphatic carbocycles.